The zero-order chi connectivity index (χ0) is 13.2. The second-order valence-electron chi connectivity index (χ2n) is 3.75. The van der Waals surface area contributed by atoms with Crippen LogP contribution in [0.25, 0.3) is 0 Å². The fourth-order valence-electron chi connectivity index (χ4n) is 1.84. The Labute approximate surface area is 124 Å². The molecule has 0 aromatic heterocycles. The fraction of sp³-hybridized carbons (Fsp3) is 0.200. The predicted octanol–water partition coefficient (Wildman–Crippen LogP) is 5.57. The molecule has 0 saturated heterocycles. The van der Waals surface area contributed by atoms with Gasteiger partial charge in [-0.25, -0.2) is 0 Å². The first-order chi connectivity index (χ1) is 8.83. The van der Waals surface area contributed by atoms with Gasteiger partial charge in [0.15, 0.2) is 0 Å². The normalized spacial score (nSPS) is 12.2. The Balaban J connectivity index is 3.06. The highest BCUT2D eigenvalue weighted by molar-refractivity contribution is 6.25. The van der Waals surface area contributed by atoms with Crippen molar-refractivity contribution < 1.29 is 0 Å². The minimum Gasteiger partial charge on any atom is -0.0933 e. The van der Waals surface area contributed by atoms with Crippen LogP contribution in [-0.4, -0.2) is 0 Å². The lowest BCUT2D eigenvalue weighted by Gasteiger charge is -2.11. The van der Waals surface area contributed by atoms with Crippen molar-refractivity contribution in [2.24, 2.45) is 0 Å². The van der Waals surface area contributed by atoms with Crippen LogP contribution in [0.2, 0.25) is 0 Å². The van der Waals surface area contributed by atoms with E-state index < -0.39 is 0 Å². The molecule has 0 atom stereocenters. The molecule has 1 rings (SSSR count). The highest BCUT2D eigenvalue weighted by Gasteiger charge is 2.05. The predicted molar refractivity (Wildman–Crippen MR) is 82.5 cm³/mol. The summed E-state index contributed by atoms with van der Waals surface area (Å²) in [6.45, 7) is 0. The number of benzene rings is 1. The van der Waals surface area contributed by atoms with Crippen LogP contribution in [0.15, 0.2) is 53.0 Å². The quantitative estimate of drug-likeness (QED) is 0.644. The number of allylic oxidation sites excluding steroid dienone is 3. The summed E-state index contributed by atoms with van der Waals surface area (Å²) in [7, 11) is 0. The zero-order valence-electron chi connectivity index (χ0n) is 9.95. The van der Waals surface area contributed by atoms with Crippen molar-refractivity contribution in [3.8, 4) is 0 Å². The third kappa shape index (κ3) is 4.89. The van der Waals surface area contributed by atoms with E-state index in [1.807, 2.05) is 18.2 Å². The highest BCUT2D eigenvalue weighted by atomic mass is 35.5. The van der Waals surface area contributed by atoms with Gasteiger partial charge in [-0.1, -0.05) is 71.2 Å². The molecular formula is C15H15Cl3. The molecule has 0 amide bonds. The molecule has 0 unspecified atom stereocenters. The molecule has 96 valence electrons. The zero-order valence-corrected chi connectivity index (χ0v) is 12.2. The van der Waals surface area contributed by atoms with Gasteiger partial charge in [-0.05, 0) is 36.0 Å². The molecule has 0 heterocycles. The van der Waals surface area contributed by atoms with Crippen LogP contribution in [0.4, 0.5) is 0 Å². The summed E-state index contributed by atoms with van der Waals surface area (Å²) < 4.78 is 0. The average molecular weight is 302 g/mol. The lowest BCUT2D eigenvalue weighted by atomic mass is 9.94. The van der Waals surface area contributed by atoms with Crippen molar-refractivity contribution in [3.05, 3.63) is 69.7 Å². The first-order valence-corrected chi connectivity index (χ1v) is 6.99. The van der Waals surface area contributed by atoms with Gasteiger partial charge in [0.05, 0.1) is 0 Å². The van der Waals surface area contributed by atoms with Crippen LogP contribution in [0.3, 0.4) is 0 Å². The van der Waals surface area contributed by atoms with Gasteiger partial charge in [0.1, 0.15) is 0 Å². The molecule has 1 aromatic carbocycles. The molecule has 1 aromatic rings. The maximum Gasteiger partial charge on any atom is 0.000580 e. The fourth-order valence-corrected chi connectivity index (χ4v) is 2.11. The molecule has 0 saturated carbocycles. The Morgan fingerprint density at radius 2 is 1.17 bits per heavy atom. The van der Waals surface area contributed by atoms with Gasteiger partial charge in [0.25, 0.3) is 0 Å². The molecule has 0 aliphatic rings. The maximum atomic E-state index is 5.61. The topological polar surface area (TPSA) is 0 Å². The van der Waals surface area contributed by atoms with Gasteiger partial charge < -0.3 is 0 Å². The molecule has 0 radical (unpaired) electrons. The van der Waals surface area contributed by atoms with Crippen LogP contribution < -0.4 is 0 Å². The Morgan fingerprint density at radius 3 is 1.61 bits per heavy atom. The van der Waals surface area contributed by atoms with E-state index in [2.05, 4.69) is 18.2 Å². The van der Waals surface area contributed by atoms with Crippen LogP contribution in [0.1, 0.15) is 16.7 Å². The summed E-state index contributed by atoms with van der Waals surface area (Å²) in [5.74, 6) is 0. The second kappa shape index (κ2) is 9.27. The number of hydrogen-bond donors (Lipinski definition) is 0. The Bertz CT molecular complexity index is 413. The highest BCUT2D eigenvalue weighted by Crippen LogP contribution is 2.19. The molecular weight excluding hydrogens is 287 g/mol. The van der Waals surface area contributed by atoms with Gasteiger partial charge in [-0.15, -0.1) is 0 Å². The van der Waals surface area contributed by atoms with Crippen LogP contribution in [-0.2, 0) is 19.3 Å². The standard InChI is InChI=1S/C15H15Cl3/c16-10-2-7-13-5-1-6-14(8-3-11-17)15(13)9-4-12-18/h1-6,10-12H,7-9H2. The van der Waals surface area contributed by atoms with E-state index in [-0.39, 0.29) is 0 Å². The summed E-state index contributed by atoms with van der Waals surface area (Å²) in [6, 6.07) is 6.28. The summed E-state index contributed by atoms with van der Waals surface area (Å²) in [6.07, 6.45) is 8.29. The van der Waals surface area contributed by atoms with E-state index >= 15 is 0 Å². The van der Waals surface area contributed by atoms with Crippen LogP contribution in [0, 0.1) is 0 Å². The van der Waals surface area contributed by atoms with Gasteiger partial charge in [-0.3, -0.25) is 0 Å². The molecule has 0 N–H and O–H groups in total. The first-order valence-electron chi connectivity index (χ1n) is 5.68. The molecule has 18 heavy (non-hydrogen) atoms. The van der Waals surface area contributed by atoms with Crippen molar-refractivity contribution in [3.63, 3.8) is 0 Å². The number of rotatable bonds is 6. The Kier molecular flexibility index (Phi) is 7.91. The first kappa shape index (κ1) is 15.4. The Hall–Kier alpha value is -0.690. The van der Waals surface area contributed by atoms with E-state index in [1.165, 1.54) is 16.7 Å². The third-order valence-corrected chi connectivity index (χ3v) is 3.17. The van der Waals surface area contributed by atoms with Gasteiger partial charge >= 0.3 is 0 Å². The Morgan fingerprint density at radius 1 is 0.722 bits per heavy atom. The van der Waals surface area contributed by atoms with Crippen molar-refractivity contribution >= 4 is 34.8 Å². The van der Waals surface area contributed by atoms with Gasteiger partial charge in [-0.2, -0.15) is 0 Å². The molecule has 0 bridgehead atoms. The SMILES string of the molecule is ClC=CCc1cccc(CC=CCl)c1CC=CCl. The summed E-state index contributed by atoms with van der Waals surface area (Å²) in [5, 5.41) is 0. The van der Waals surface area contributed by atoms with E-state index in [0.29, 0.717) is 0 Å². The molecule has 0 spiro atoms. The smallest absolute Gasteiger partial charge is 0.000580 e. The van der Waals surface area contributed by atoms with Crippen molar-refractivity contribution in [2.45, 2.75) is 19.3 Å². The number of hydrogen-bond acceptors (Lipinski definition) is 0. The minimum absolute atomic E-state index is 0.821. The van der Waals surface area contributed by atoms with E-state index in [9.17, 15) is 0 Å². The monoisotopic (exact) mass is 300 g/mol. The van der Waals surface area contributed by atoms with Crippen molar-refractivity contribution in [1.82, 2.24) is 0 Å². The van der Waals surface area contributed by atoms with Crippen LogP contribution >= 0.6 is 34.8 Å². The molecule has 3 heteroatoms. The van der Waals surface area contributed by atoms with Gasteiger partial charge in [0, 0.05) is 16.6 Å². The summed E-state index contributed by atoms with van der Waals surface area (Å²) in [4.78, 5) is 0. The molecule has 0 nitrogen and oxygen atoms in total. The minimum atomic E-state index is 0.821. The van der Waals surface area contributed by atoms with E-state index in [0.717, 1.165) is 19.3 Å². The lowest BCUT2D eigenvalue weighted by molar-refractivity contribution is 1.09. The lowest BCUT2D eigenvalue weighted by Crippen LogP contribution is -1.98. The van der Waals surface area contributed by atoms with Crippen LogP contribution in [0.5, 0.6) is 0 Å². The molecule has 0 fully saturated rings. The second-order valence-corrected chi connectivity index (χ2v) is 4.51. The van der Waals surface area contributed by atoms with Gasteiger partial charge in [0.2, 0.25) is 0 Å². The summed E-state index contributed by atoms with van der Waals surface area (Å²) in [5.41, 5.74) is 8.47. The average Bonchev–Trinajstić information content (AvgIpc) is 2.41. The van der Waals surface area contributed by atoms with E-state index in [4.69, 9.17) is 34.8 Å². The molecule has 0 aliphatic carbocycles. The maximum absolute atomic E-state index is 5.61. The largest absolute Gasteiger partial charge is 0.0933 e. The number of halogens is 3. The summed E-state index contributed by atoms with van der Waals surface area (Å²) >= 11 is 16.8. The molecule has 0 aliphatic heterocycles. The third-order valence-electron chi connectivity index (χ3n) is 2.63. The van der Waals surface area contributed by atoms with Crippen molar-refractivity contribution in [1.29, 1.82) is 0 Å². The van der Waals surface area contributed by atoms with Crippen molar-refractivity contribution in [2.75, 3.05) is 0 Å². The van der Waals surface area contributed by atoms with E-state index in [1.54, 1.807) is 16.6 Å².